The highest BCUT2D eigenvalue weighted by Gasteiger charge is 2.25. The van der Waals surface area contributed by atoms with Gasteiger partial charge in [0.15, 0.2) is 0 Å². The van der Waals surface area contributed by atoms with Gasteiger partial charge in [-0.15, -0.1) is 0 Å². The average molecular weight is 280 g/mol. The number of nitrogens with zero attached hydrogens (tertiary/aromatic N) is 1. The standard InChI is InChI=1S/C15H24N2O3/c1-18-12-7-14(19-2)13(15(8-12)20-3)10-17-6-4-5-11(17)9-16/h7-8,11H,4-6,9-10,16H2,1-3H3. The minimum Gasteiger partial charge on any atom is -0.496 e. The Labute approximate surface area is 120 Å². The van der Waals surface area contributed by atoms with Crippen molar-refractivity contribution in [2.24, 2.45) is 5.73 Å². The first-order chi connectivity index (χ1) is 9.73. The summed E-state index contributed by atoms with van der Waals surface area (Å²) in [5.41, 5.74) is 6.89. The van der Waals surface area contributed by atoms with Crippen molar-refractivity contribution in [2.45, 2.75) is 25.4 Å². The van der Waals surface area contributed by atoms with Gasteiger partial charge in [-0.25, -0.2) is 0 Å². The lowest BCUT2D eigenvalue weighted by Gasteiger charge is -2.25. The number of rotatable bonds is 6. The molecule has 0 radical (unpaired) electrons. The summed E-state index contributed by atoms with van der Waals surface area (Å²) in [4.78, 5) is 2.40. The average Bonchev–Trinajstić information content (AvgIpc) is 2.94. The van der Waals surface area contributed by atoms with E-state index in [9.17, 15) is 0 Å². The molecule has 5 nitrogen and oxygen atoms in total. The summed E-state index contributed by atoms with van der Waals surface area (Å²) in [6, 6.07) is 4.24. The molecule has 0 aliphatic carbocycles. The zero-order valence-electron chi connectivity index (χ0n) is 12.5. The molecule has 1 heterocycles. The lowest BCUT2D eigenvalue weighted by molar-refractivity contribution is 0.241. The first-order valence-electron chi connectivity index (χ1n) is 6.96. The normalized spacial score (nSPS) is 19.1. The maximum atomic E-state index is 5.84. The van der Waals surface area contributed by atoms with Crippen LogP contribution in [0, 0.1) is 0 Å². The van der Waals surface area contributed by atoms with E-state index in [1.54, 1.807) is 21.3 Å². The highest BCUT2D eigenvalue weighted by molar-refractivity contribution is 5.50. The van der Waals surface area contributed by atoms with Gasteiger partial charge in [0.25, 0.3) is 0 Å². The van der Waals surface area contributed by atoms with Crippen molar-refractivity contribution in [1.29, 1.82) is 0 Å². The lowest BCUT2D eigenvalue weighted by Crippen LogP contribution is -2.35. The molecule has 0 spiro atoms. The molecule has 1 saturated heterocycles. The highest BCUT2D eigenvalue weighted by atomic mass is 16.5. The Morgan fingerprint density at radius 2 is 1.80 bits per heavy atom. The van der Waals surface area contributed by atoms with Crippen molar-refractivity contribution in [3.8, 4) is 17.2 Å². The molecule has 0 amide bonds. The van der Waals surface area contributed by atoms with Gasteiger partial charge in [-0.3, -0.25) is 4.90 Å². The molecule has 2 N–H and O–H groups in total. The van der Waals surface area contributed by atoms with Crippen LogP contribution in [-0.4, -0.2) is 45.4 Å². The lowest BCUT2D eigenvalue weighted by atomic mass is 10.1. The van der Waals surface area contributed by atoms with Crippen LogP contribution in [-0.2, 0) is 6.54 Å². The van der Waals surface area contributed by atoms with E-state index in [2.05, 4.69) is 4.90 Å². The molecular formula is C15H24N2O3. The molecule has 1 fully saturated rings. The van der Waals surface area contributed by atoms with Gasteiger partial charge in [-0.05, 0) is 19.4 Å². The predicted octanol–water partition coefficient (Wildman–Crippen LogP) is 1.64. The molecule has 1 aliphatic rings. The summed E-state index contributed by atoms with van der Waals surface area (Å²) in [7, 11) is 4.98. The summed E-state index contributed by atoms with van der Waals surface area (Å²) < 4.78 is 16.3. The minimum absolute atomic E-state index is 0.450. The number of likely N-dealkylation sites (tertiary alicyclic amines) is 1. The van der Waals surface area contributed by atoms with Crippen molar-refractivity contribution in [2.75, 3.05) is 34.4 Å². The second-order valence-corrected chi connectivity index (χ2v) is 5.01. The summed E-state index contributed by atoms with van der Waals surface area (Å²) in [5, 5.41) is 0. The van der Waals surface area contributed by atoms with Crippen molar-refractivity contribution in [1.82, 2.24) is 4.90 Å². The smallest absolute Gasteiger partial charge is 0.130 e. The Bertz CT molecular complexity index is 426. The third-order valence-corrected chi connectivity index (χ3v) is 3.95. The Hall–Kier alpha value is -1.46. The van der Waals surface area contributed by atoms with E-state index in [1.165, 1.54) is 6.42 Å². The molecule has 5 heteroatoms. The molecule has 0 bridgehead atoms. The second kappa shape index (κ2) is 6.81. The fourth-order valence-electron chi connectivity index (χ4n) is 2.81. The summed E-state index contributed by atoms with van der Waals surface area (Å²) >= 11 is 0. The van der Waals surface area contributed by atoms with E-state index in [1.807, 2.05) is 12.1 Å². The molecule has 0 saturated carbocycles. The van der Waals surface area contributed by atoms with E-state index in [4.69, 9.17) is 19.9 Å². The summed E-state index contributed by atoms with van der Waals surface area (Å²) in [6.45, 7) is 2.55. The van der Waals surface area contributed by atoms with E-state index in [0.717, 1.165) is 42.3 Å². The minimum atomic E-state index is 0.450. The van der Waals surface area contributed by atoms with Crippen LogP contribution in [0.4, 0.5) is 0 Å². The molecular weight excluding hydrogens is 256 g/mol. The Kier molecular flexibility index (Phi) is 5.09. The fourth-order valence-corrected chi connectivity index (χ4v) is 2.81. The first kappa shape index (κ1) is 14.9. The van der Waals surface area contributed by atoms with E-state index >= 15 is 0 Å². The zero-order chi connectivity index (χ0) is 14.5. The Morgan fingerprint density at radius 3 is 2.30 bits per heavy atom. The van der Waals surface area contributed by atoms with Gasteiger partial charge in [0.1, 0.15) is 17.2 Å². The molecule has 1 aromatic rings. The predicted molar refractivity (Wildman–Crippen MR) is 78.6 cm³/mol. The van der Waals surface area contributed by atoms with Crippen molar-refractivity contribution in [3.05, 3.63) is 17.7 Å². The Balaban J connectivity index is 2.29. The van der Waals surface area contributed by atoms with Gasteiger partial charge in [-0.2, -0.15) is 0 Å². The topological polar surface area (TPSA) is 57.0 Å². The number of methoxy groups -OCH3 is 3. The fraction of sp³-hybridized carbons (Fsp3) is 0.600. The van der Waals surface area contributed by atoms with Gasteiger partial charge in [0, 0.05) is 31.3 Å². The molecule has 2 rings (SSSR count). The number of hydrogen-bond acceptors (Lipinski definition) is 5. The molecule has 1 aromatic carbocycles. The zero-order valence-corrected chi connectivity index (χ0v) is 12.5. The SMILES string of the molecule is COc1cc(OC)c(CN2CCCC2CN)c(OC)c1. The summed E-state index contributed by atoms with van der Waals surface area (Å²) in [6.07, 6.45) is 2.36. The first-order valence-corrected chi connectivity index (χ1v) is 6.96. The Morgan fingerprint density at radius 1 is 1.15 bits per heavy atom. The molecule has 112 valence electrons. The van der Waals surface area contributed by atoms with Crippen LogP contribution in [0.2, 0.25) is 0 Å². The van der Waals surface area contributed by atoms with Crippen molar-refractivity contribution in [3.63, 3.8) is 0 Å². The number of ether oxygens (including phenoxy) is 3. The third-order valence-electron chi connectivity index (χ3n) is 3.95. The van der Waals surface area contributed by atoms with Crippen LogP contribution in [0.5, 0.6) is 17.2 Å². The quantitative estimate of drug-likeness (QED) is 0.858. The van der Waals surface area contributed by atoms with Crippen LogP contribution >= 0.6 is 0 Å². The highest BCUT2D eigenvalue weighted by Crippen LogP contribution is 2.36. The van der Waals surface area contributed by atoms with E-state index in [-0.39, 0.29) is 0 Å². The second-order valence-electron chi connectivity index (χ2n) is 5.01. The van der Waals surface area contributed by atoms with Crippen LogP contribution < -0.4 is 19.9 Å². The van der Waals surface area contributed by atoms with E-state index in [0.29, 0.717) is 12.6 Å². The van der Waals surface area contributed by atoms with E-state index < -0.39 is 0 Å². The monoisotopic (exact) mass is 280 g/mol. The number of nitrogens with two attached hydrogens (primary N) is 1. The summed E-state index contributed by atoms with van der Waals surface area (Å²) in [5.74, 6) is 2.33. The van der Waals surface area contributed by atoms with Gasteiger partial charge in [0.2, 0.25) is 0 Å². The van der Waals surface area contributed by atoms with Gasteiger partial charge < -0.3 is 19.9 Å². The van der Waals surface area contributed by atoms with Crippen molar-refractivity contribution < 1.29 is 14.2 Å². The van der Waals surface area contributed by atoms with Gasteiger partial charge in [-0.1, -0.05) is 0 Å². The third kappa shape index (κ3) is 2.99. The number of hydrogen-bond donors (Lipinski definition) is 1. The maximum absolute atomic E-state index is 5.84. The van der Waals surface area contributed by atoms with Gasteiger partial charge in [0.05, 0.1) is 26.9 Å². The molecule has 20 heavy (non-hydrogen) atoms. The maximum Gasteiger partial charge on any atom is 0.130 e. The van der Waals surface area contributed by atoms with Crippen LogP contribution in [0.1, 0.15) is 18.4 Å². The van der Waals surface area contributed by atoms with Crippen LogP contribution in [0.15, 0.2) is 12.1 Å². The molecule has 0 aromatic heterocycles. The number of benzene rings is 1. The molecule has 1 unspecified atom stereocenters. The van der Waals surface area contributed by atoms with Crippen molar-refractivity contribution >= 4 is 0 Å². The van der Waals surface area contributed by atoms with Crippen LogP contribution in [0.25, 0.3) is 0 Å². The largest absolute Gasteiger partial charge is 0.496 e. The molecule has 1 aliphatic heterocycles. The molecule has 1 atom stereocenters. The van der Waals surface area contributed by atoms with Gasteiger partial charge >= 0.3 is 0 Å². The van der Waals surface area contributed by atoms with Crippen LogP contribution in [0.3, 0.4) is 0 Å².